The van der Waals surface area contributed by atoms with Gasteiger partial charge in [-0.05, 0) is 76.3 Å². The zero-order chi connectivity index (χ0) is 17.0. The molecular formula is C16H22O6. The van der Waals surface area contributed by atoms with Gasteiger partial charge in [0.1, 0.15) is 0 Å². The highest BCUT2D eigenvalue weighted by Gasteiger charge is 2.21. The van der Waals surface area contributed by atoms with Crippen LogP contribution in [0, 0.1) is 34.6 Å². The molecule has 0 bridgehead atoms. The lowest BCUT2D eigenvalue weighted by molar-refractivity contribution is -0.452. The van der Waals surface area contributed by atoms with Gasteiger partial charge in [-0.3, -0.25) is 4.89 Å². The fourth-order valence-corrected chi connectivity index (χ4v) is 2.14. The third kappa shape index (κ3) is 3.98. The lowest BCUT2D eigenvalue weighted by atomic mass is 9.90. The van der Waals surface area contributed by atoms with E-state index >= 15 is 0 Å². The van der Waals surface area contributed by atoms with Gasteiger partial charge in [0.15, 0.2) is 0 Å². The summed E-state index contributed by atoms with van der Waals surface area (Å²) in [6, 6.07) is 0. The van der Waals surface area contributed by atoms with Crippen LogP contribution in [0.25, 0.3) is 0 Å². The van der Waals surface area contributed by atoms with Crippen molar-refractivity contribution < 1.29 is 29.1 Å². The van der Waals surface area contributed by atoms with Crippen molar-refractivity contribution in [3.8, 4) is 0 Å². The van der Waals surface area contributed by atoms with Crippen molar-refractivity contribution in [2.24, 2.45) is 0 Å². The molecule has 0 amide bonds. The molecule has 0 radical (unpaired) electrons. The van der Waals surface area contributed by atoms with Crippen molar-refractivity contribution >= 4 is 12.1 Å². The molecule has 1 rings (SSSR count). The SMILES string of the molecule is Cc1c(C)c(C)c(C(=O)OOOC(=O)OC(C)C)c(C)c1C. The number of carbonyl (C=O) groups is 2. The lowest BCUT2D eigenvalue weighted by Crippen LogP contribution is -2.17. The summed E-state index contributed by atoms with van der Waals surface area (Å²) in [5.74, 6) is -0.724. The van der Waals surface area contributed by atoms with E-state index in [0.717, 1.165) is 27.8 Å². The van der Waals surface area contributed by atoms with Crippen LogP contribution in [0.2, 0.25) is 0 Å². The van der Waals surface area contributed by atoms with Gasteiger partial charge in [-0.1, -0.05) is 0 Å². The van der Waals surface area contributed by atoms with Crippen molar-refractivity contribution in [1.82, 2.24) is 0 Å². The summed E-state index contributed by atoms with van der Waals surface area (Å²) in [4.78, 5) is 32.0. The maximum Gasteiger partial charge on any atom is 0.543 e. The molecule has 6 nitrogen and oxygen atoms in total. The van der Waals surface area contributed by atoms with Crippen molar-refractivity contribution in [3.63, 3.8) is 0 Å². The molecule has 122 valence electrons. The zero-order valence-electron chi connectivity index (χ0n) is 14.0. The van der Waals surface area contributed by atoms with Gasteiger partial charge in [0, 0.05) is 0 Å². The fourth-order valence-electron chi connectivity index (χ4n) is 2.14. The Morgan fingerprint density at radius 1 is 0.773 bits per heavy atom. The normalized spacial score (nSPS) is 10.5. The van der Waals surface area contributed by atoms with Crippen LogP contribution in [-0.4, -0.2) is 18.2 Å². The first-order valence-electron chi connectivity index (χ1n) is 6.99. The molecule has 0 fully saturated rings. The van der Waals surface area contributed by atoms with Crippen LogP contribution in [0.4, 0.5) is 4.79 Å². The highest BCUT2D eigenvalue weighted by molar-refractivity contribution is 5.93. The smallest absolute Gasteiger partial charge is 0.430 e. The van der Waals surface area contributed by atoms with Gasteiger partial charge in [-0.25, -0.2) is 14.5 Å². The van der Waals surface area contributed by atoms with Gasteiger partial charge in [0.2, 0.25) is 0 Å². The van der Waals surface area contributed by atoms with E-state index in [2.05, 4.69) is 19.6 Å². The lowest BCUT2D eigenvalue weighted by Gasteiger charge is -2.16. The topological polar surface area (TPSA) is 71.1 Å². The van der Waals surface area contributed by atoms with Crippen molar-refractivity contribution in [2.45, 2.75) is 54.6 Å². The molecule has 0 aliphatic carbocycles. The van der Waals surface area contributed by atoms with Crippen LogP contribution >= 0.6 is 0 Å². The van der Waals surface area contributed by atoms with E-state index in [1.807, 2.05) is 34.6 Å². The maximum atomic E-state index is 12.1. The molecule has 0 saturated carbocycles. The predicted octanol–water partition coefficient (Wildman–Crippen LogP) is 3.79. The molecular weight excluding hydrogens is 288 g/mol. The molecule has 1 aromatic carbocycles. The summed E-state index contributed by atoms with van der Waals surface area (Å²) in [5, 5.41) is 4.21. The fraction of sp³-hybridized carbons (Fsp3) is 0.500. The minimum Gasteiger partial charge on any atom is -0.430 e. The van der Waals surface area contributed by atoms with Gasteiger partial charge in [0.25, 0.3) is 0 Å². The van der Waals surface area contributed by atoms with E-state index in [0.29, 0.717) is 5.56 Å². The summed E-state index contributed by atoms with van der Waals surface area (Å²) < 4.78 is 4.66. The number of ether oxygens (including phenoxy) is 1. The summed E-state index contributed by atoms with van der Waals surface area (Å²) in [7, 11) is 0. The molecule has 0 aliphatic rings. The van der Waals surface area contributed by atoms with Crippen LogP contribution in [0.1, 0.15) is 52.0 Å². The highest BCUT2D eigenvalue weighted by atomic mass is 17.5. The summed E-state index contributed by atoms with van der Waals surface area (Å²) in [6.07, 6.45) is -1.44. The molecule has 0 atom stereocenters. The summed E-state index contributed by atoms with van der Waals surface area (Å²) in [5.41, 5.74) is 5.16. The Balaban J connectivity index is 2.81. The molecule has 0 aliphatic heterocycles. The molecule has 0 spiro atoms. The quantitative estimate of drug-likeness (QED) is 0.478. The highest BCUT2D eigenvalue weighted by Crippen LogP contribution is 2.26. The number of hydrogen-bond donors (Lipinski definition) is 0. The van der Waals surface area contributed by atoms with Crippen LogP contribution < -0.4 is 0 Å². The molecule has 22 heavy (non-hydrogen) atoms. The Labute approximate surface area is 130 Å². The molecule has 0 aromatic heterocycles. The molecule has 0 heterocycles. The second-order valence-electron chi connectivity index (χ2n) is 5.44. The largest absolute Gasteiger partial charge is 0.543 e. The summed E-state index contributed by atoms with van der Waals surface area (Å²) >= 11 is 0. The van der Waals surface area contributed by atoms with Gasteiger partial charge in [-0.15, -0.1) is 0 Å². The van der Waals surface area contributed by atoms with Gasteiger partial charge in [0.05, 0.1) is 16.7 Å². The Morgan fingerprint density at radius 2 is 1.23 bits per heavy atom. The van der Waals surface area contributed by atoms with Crippen molar-refractivity contribution in [3.05, 3.63) is 33.4 Å². The van der Waals surface area contributed by atoms with Crippen LogP contribution in [0.5, 0.6) is 0 Å². The Bertz CT molecular complexity index is 560. The first kappa shape index (κ1) is 18.0. The average Bonchev–Trinajstić information content (AvgIpc) is 2.42. The second kappa shape index (κ2) is 7.26. The third-order valence-corrected chi connectivity index (χ3v) is 3.75. The van der Waals surface area contributed by atoms with Crippen molar-refractivity contribution in [1.29, 1.82) is 0 Å². The standard InChI is InChI=1S/C16H22O6/c1-8(2)19-16(18)21-22-20-15(17)14-12(6)10(4)9(3)11(5)13(14)7/h8H,1-7H3. The minimum absolute atomic E-state index is 0.362. The Morgan fingerprint density at radius 3 is 1.68 bits per heavy atom. The molecule has 1 aromatic rings. The van der Waals surface area contributed by atoms with Gasteiger partial charge < -0.3 is 4.74 Å². The van der Waals surface area contributed by atoms with E-state index in [-0.39, 0.29) is 6.10 Å². The molecule has 6 heteroatoms. The average molecular weight is 310 g/mol. The van der Waals surface area contributed by atoms with E-state index in [9.17, 15) is 9.59 Å². The zero-order valence-corrected chi connectivity index (χ0v) is 14.0. The minimum atomic E-state index is -1.08. The predicted molar refractivity (Wildman–Crippen MR) is 79.3 cm³/mol. The third-order valence-electron chi connectivity index (χ3n) is 3.75. The summed E-state index contributed by atoms with van der Waals surface area (Å²) in [6.45, 7) is 12.8. The number of rotatable bonds is 4. The second-order valence-corrected chi connectivity index (χ2v) is 5.44. The number of carbonyl (C=O) groups excluding carboxylic acids is 2. The van der Waals surface area contributed by atoms with Crippen molar-refractivity contribution in [2.75, 3.05) is 0 Å². The van der Waals surface area contributed by atoms with Crippen LogP contribution in [0.3, 0.4) is 0 Å². The van der Waals surface area contributed by atoms with E-state index in [1.54, 1.807) is 13.8 Å². The number of benzene rings is 1. The molecule has 0 N–H and O–H groups in total. The van der Waals surface area contributed by atoms with Gasteiger partial charge in [-0.2, -0.15) is 0 Å². The Hall–Kier alpha value is -2.08. The van der Waals surface area contributed by atoms with Crippen LogP contribution in [-0.2, 0) is 19.6 Å². The number of hydrogen-bond acceptors (Lipinski definition) is 6. The van der Waals surface area contributed by atoms with E-state index in [1.165, 1.54) is 0 Å². The van der Waals surface area contributed by atoms with Crippen LogP contribution in [0.15, 0.2) is 0 Å². The first-order valence-corrected chi connectivity index (χ1v) is 6.99. The Kier molecular flexibility index (Phi) is 5.93. The maximum absolute atomic E-state index is 12.1. The molecule has 0 saturated heterocycles. The monoisotopic (exact) mass is 310 g/mol. The molecule has 0 unspecified atom stereocenters. The van der Waals surface area contributed by atoms with Gasteiger partial charge >= 0.3 is 12.1 Å². The first-order chi connectivity index (χ1) is 10.2. The van der Waals surface area contributed by atoms with E-state index in [4.69, 9.17) is 0 Å². The van der Waals surface area contributed by atoms with E-state index < -0.39 is 12.1 Å².